The molecule has 0 amide bonds. The van der Waals surface area contributed by atoms with Crippen LogP contribution in [0, 0.1) is 0 Å². The first-order chi connectivity index (χ1) is 6.86. The topological polar surface area (TPSA) is 16.1 Å². The summed E-state index contributed by atoms with van der Waals surface area (Å²) in [5, 5.41) is 1.04. The maximum Gasteiger partial charge on any atom is 0.0271 e. The van der Waals surface area contributed by atoms with E-state index in [2.05, 4.69) is 44.9 Å². The molecule has 3 heteroatoms. The molecule has 1 rings (SSSR count). The van der Waals surface area contributed by atoms with E-state index in [0.29, 0.717) is 0 Å². The van der Waals surface area contributed by atoms with Crippen LogP contribution in [0.15, 0.2) is 24.5 Å². The summed E-state index contributed by atoms with van der Waals surface area (Å²) in [4.78, 5) is 6.47. The monoisotopic (exact) mass is 256 g/mol. The van der Waals surface area contributed by atoms with E-state index in [4.69, 9.17) is 0 Å². The second-order valence-corrected chi connectivity index (χ2v) is 4.11. The second-order valence-electron chi connectivity index (χ2n) is 3.32. The number of hydrogen-bond acceptors (Lipinski definition) is 2. The van der Waals surface area contributed by atoms with Gasteiger partial charge in [0.05, 0.1) is 0 Å². The van der Waals surface area contributed by atoms with Crippen molar-refractivity contribution < 1.29 is 0 Å². The summed E-state index contributed by atoms with van der Waals surface area (Å²) in [6.07, 6.45) is 4.92. The third kappa shape index (κ3) is 4.20. The molecular formula is C11H17BrN2. The zero-order chi connectivity index (χ0) is 10.2. The molecule has 2 nitrogen and oxygen atoms in total. The highest BCUT2D eigenvalue weighted by Crippen LogP contribution is 2.04. The standard InChI is InChI=1S/C11H17BrN2/c1-2-8-14(9-5-12)10-11-3-6-13-7-4-11/h3-4,6-7H,2,5,8-10H2,1H3. The van der Waals surface area contributed by atoms with Crippen LogP contribution in [0.5, 0.6) is 0 Å². The number of rotatable bonds is 6. The molecule has 1 heterocycles. The molecule has 0 atom stereocenters. The van der Waals surface area contributed by atoms with Gasteiger partial charge in [-0.1, -0.05) is 22.9 Å². The first-order valence-corrected chi connectivity index (χ1v) is 6.16. The number of hydrogen-bond donors (Lipinski definition) is 0. The molecule has 0 aliphatic carbocycles. The van der Waals surface area contributed by atoms with Gasteiger partial charge < -0.3 is 0 Å². The molecule has 0 spiro atoms. The number of alkyl halides is 1. The number of nitrogens with zero attached hydrogens (tertiary/aromatic N) is 2. The molecule has 0 aromatic carbocycles. The Labute approximate surface area is 94.5 Å². The van der Waals surface area contributed by atoms with Crippen LogP contribution >= 0.6 is 15.9 Å². The van der Waals surface area contributed by atoms with Crippen LogP contribution in [-0.4, -0.2) is 28.3 Å². The lowest BCUT2D eigenvalue weighted by molar-refractivity contribution is 0.283. The summed E-state index contributed by atoms with van der Waals surface area (Å²) in [5.41, 5.74) is 1.34. The van der Waals surface area contributed by atoms with Crippen molar-refractivity contribution in [3.05, 3.63) is 30.1 Å². The average Bonchev–Trinajstić information content (AvgIpc) is 2.20. The van der Waals surface area contributed by atoms with Crippen molar-refractivity contribution >= 4 is 15.9 Å². The Kier molecular flexibility index (Phi) is 5.80. The van der Waals surface area contributed by atoms with Gasteiger partial charge >= 0.3 is 0 Å². The zero-order valence-corrected chi connectivity index (χ0v) is 10.2. The largest absolute Gasteiger partial charge is 0.298 e. The Bertz CT molecular complexity index is 232. The number of aromatic nitrogens is 1. The van der Waals surface area contributed by atoms with E-state index in [1.54, 1.807) is 0 Å². The minimum absolute atomic E-state index is 1.03. The van der Waals surface area contributed by atoms with E-state index in [1.807, 2.05) is 12.4 Å². The van der Waals surface area contributed by atoms with Gasteiger partial charge in [0.1, 0.15) is 0 Å². The highest BCUT2D eigenvalue weighted by atomic mass is 79.9. The highest BCUT2D eigenvalue weighted by molar-refractivity contribution is 9.09. The highest BCUT2D eigenvalue weighted by Gasteiger charge is 2.03. The Morgan fingerprint density at radius 3 is 2.57 bits per heavy atom. The third-order valence-electron chi connectivity index (χ3n) is 2.10. The van der Waals surface area contributed by atoms with Gasteiger partial charge in [0.2, 0.25) is 0 Å². The van der Waals surface area contributed by atoms with Gasteiger partial charge in [0.25, 0.3) is 0 Å². The fourth-order valence-electron chi connectivity index (χ4n) is 1.45. The summed E-state index contributed by atoms with van der Waals surface area (Å²) in [5.74, 6) is 0. The van der Waals surface area contributed by atoms with Gasteiger partial charge in [-0.3, -0.25) is 9.88 Å². The molecular weight excluding hydrogens is 240 g/mol. The predicted molar refractivity (Wildman–Crippen MR) is 63.6 cm³/mol. The predicted octanol–water partition coefficient (Wildman–Crippen LogP) is 2.69. The molecule has 0 radical (unpaired) electrons. The SMILES string of the molecule is CCCN(CCBr)Cc1ccncc1. The third-order valence-corrected chi connectivity index (χ3v) is 2.45. The molecule has 1 aromatic heterocycles. The van der Waals surface area contributed by atoms with Crippen molar-refractivity contribution in [1.29, 1.82) is 0 Å². The number of pyridine rings is 1. The zero-order valence-electron chi connectivity index (χ0n) is 8.62. The smallest absolute Gasteiger partial charge is 0.0271 e. The number of halogens is 1. The molecule has 0 bridgehead atoms. The lowest BCUT2D eigenvalue weighted by atomic mass is 10.2. The average molecular weight is 257 g/mol. The van der Waals surface area contributed by atoms with E-state index in [1.165, 1.54) is 12.0 Å². The van der Waals surface area contributed by atoms with Crippen LogP contribution in [0.25, 0.3) is 0 Å². The van der Waals surface area contributed by atoms with Crippen molar-refractivity contribution in [3.63, 3.8) is 0 Å². The normalized spacial score (nSPS) is 10.8. The molecule has 14 heavy (non-hydrogen) atoms. The molecule has 0 N–H and O–H groups in total. The van der Waals surface area contributed by atoms with Gasteiger partial charge in [0, 0.05) is 30.8 Å². The maximum atomic E-state index is 4.02. The van der Waals surface area contributed by atoms with Crippen LogP contribution < -0.4 is 0 Å². The van der Waals surface area contributed by atoms with Crippen molar-refractivity contribution in [2.75, 3.05) is 18.4 Å². The van der Waals surface area contributed by atoms with Crippen molar-refractivity contribution in [3.8, 4) is 0 Å². The van der Waals surface area contributed by atoms with Gasteiger partial charge in [-0.05, 0) is 30.7 Å². The van der Waals surface area contributed by atoms with Gasteiger partial charge in [-0.15, -0.1) is 0 Å². The lowest BCUT2D eigenvalue weighted by Gasteiger charge is -2.20. The molecule has 0 unspecified atom stereocenters. The Balaban J connectivity index is 2.46. The Morgan fingerprint density at radius 2 is 2.00 bits per heavy atom. The van der Waals surface area contributed by atoms with Gasteiger partial charge in [-0.2, -0.15) is 0 Å². The van der Waals surface area contributed by atoms with Crippen molar-refractivity contribution in [1.82, 2.24) is 9.88 Å². The van der Waals surface area contributed by atoms with Crippen LogP contribution in [0.1, 0.15) is 18.9 Å². The van der Waals surface area contributed by atoms with E-state index in [-0.39, 0.29) is 0 Å². The minimum Gasteiger partial charge on any atom is -0.298 e. The fourth-order valence-corrected chi connectivity index (χ4v) is 1.95. The van der Waals surface area contributed by atoms with Gasteiger partial charge in [0.15, 0.2) is 0 Å². The summed E-state index contributed by atoms with van der Waals surface area (Å²) >= 11 is 3.48. The summed E-state index contributed by atoms with van der Waals surface area (Å²) in [6.45, 7) is 5.51. The van der Waals surface area contributed by atoms with Crippen LogP contribution in [0.4, 0.5) is 0 Å². The van der Waals surface area contributed by atoms with E-state index >= 15 is 0 Å². The molecule has 0 aliphatic rings. The molecule has 78 valence electrons. The van der Waals surface area contributed by atoms with E-state index in [0.717, 1.165) is 25.0 Å². The first-order valence-electron chi connectivity index (χ1n) is 5.04. The summed E-state index contributed by atoms with van der Waals surface area (Å²) in [7, 11) is 0. The van der Waals surface area contributed by atoms with E-state index in [9.17, 15) is 0 Å². The summed E-state index contributed by atoms with van der Waals surface area (Å²) in [6, 6.07) is 4.16. The van der Waals surface area contributed by atoms with Crippen LogP contribution in [-0.2, 0) is 6.54 Å². The molecule has 0 saturated carbocycles. The van der Waals surface area contributed by atoms with Crippen LogP contribution in [0.2, 0.25) is 0 Å². The molecule has 1 aromatic rings. The molecule has 0 aliphatic heterocycles. The second kappa shape index (κ2) is 6.96. The summed E-state index contributed by atoms with van der Waals surface area (Å²) < 4.78 is 0. The van der Waals surface area contributed by atoms with Gasteiger partial charge in [-0.25, -0.2) is 0 Å². The van der Waals surface area contributed by atoms with Crippen LogP contribution in [0.3, 0.4) is 0 Å². The Morgan fingerprint density at radius 1 is 1.29 bits per heavy atom. The van der Waals surface area contributed by atoms with Crippen molar-refractivity contribution in [2.24, 2.45) is 0 Å². The quantitative estimate of drug-likeness (QED) is 0.728. The first kappa shape index (κ1) is 11.7. The lowest BCUT2D eigenvalue weighted by Crippen LogP contribution is -2.26. The Hall–Kier alpha value is -0.410. The van der Waals surface area contributed by atoms with E-state index < -0.39 is 0 Å². The fraction of sp³-hybridized carbons (Fsp3) is 0.545. The maximum absolute atomic E-state index is 4.02. The molecule has 0 fully saturated rings. The molecule has 0 saturated heterocycles. The van der Waals surface area contributed by atoms with Crippen molar-refractivity contribution in [2.45, 2.75) is 19.9 Å². The minimum atomic E-state index is 1.03.